The maximum atomic E-state index is 11.2. The van der Waals surface area contributed by atoms with E-state index in [2.05, 4.69) is 24.1 Å². The molecule has 1 aliphatic rings. The highest BCUT2D eigenvalue weighted by molar-refractivity contribution is 6.02. The number of primary amides is 1. The number of aromatic nitrogens is 2. The van der Waals surface area contributed by atoms with Gasteiger partial charge < -0.3 is 10.6 Å². The van der Waals surface area contributed by atoms with Gasteiger partial charge in [-0.05, 0) is 49.4 Å². The topological polar surface area (TPSA) is 82.5 Å². The number of nitrogens with zero attached hydrogens (tertiary/aromatic N) is 3. The number of benzene rings is 1. The first-order chi connectivity index (χ1) is 11.4. The molecule has 126 valence electrons. The van der Waals surface area contributed by atoms with Crippen LogP contribution in [0.1, 0.15) is 48.8 Å². The minimum Gasteiger partial charge on any atom is -0.396 e. The van der Waals surface area contributed by atoms with Gasteiger partial charge in [-0.25, -0.2) is 4.68 Å². The average molecular weight is 326 g/mol. The summed E-state index contributed by atoms with van der Waals surface area (Å²) in [6, 6.07) is 7.15. The predicted molar refractivity (Wildman–Crippen MR) is 92.3 cm³/mol. The third kappa shape index (κ3) is 3.04. The minimum absolute atomic E-state index is 0.0773. The van der Waals surface area contributed by atoms with E-state index in [0.717, 1.165) is 35.5 Å². The van der Waals surface area contributed by atoms with E-state index < -0.39 is 5.91 Å². The Hall–Kier alpha value is -2.63. The van der Waals surface area contributed by atoms with E-state index >= 15 is 0 Å². The van der Waals surface area contributed by atoms with Crippen molar-refractivity contribution in [3.05, 3.63) is 47.3 Å². The number of hydrogen-bond acceptors (Lipinski definition) is 4. The van der Waals surface area contributed by atoms with Crippen molar-refractivity contribution < 1.29 is 9.63 Å². The highest BCUT2D eigenvalue weighted by Crippen LogP contribution is 2.36. The first-order valence-corrected chi connectivity index (χ1v) is 8.07. The van der Waals surface area contributed by atoms with E-state index in [1.165, 1.54) is 0 Å². The van der Waals surface area contributed by atoms with Crippen LogP contribution in [0.3, 0.4) is 0 Å². The number of amides is 1. The summed E-state index contributed by atoms with van der Waals surface area (Å²) in [5, 5.41) is 8.82. The van der Waals surface area contributed by atoms with Gasteiger partial charge in [-0.1, -0.05) is 19.0 Å². The van der Waals surface area contributed by atoms with Gasteiger partial charge in [0.05, 0.1) is 23.3 Å². The van der Waals surface area contributed by atoms with Gasteiger partial charge in [0, 0.05) is 11.1 Å². The molecule has 6 nitrogen and oxygen atoms in total. The van der Waals surface area contributed by atoms with Crippen LogP contribution in [0.15, 0.2) is 35.6 Å². The zero-order chi connectivity index (χ0) is 17.3. The zero-order valence-electron chi connectivity index (χ0n) is 14.2. The van der Waals surface area contributed by atoms with Gasteiger partial charge in [0.15, 0.2) is 0 Å². The minimum atomic E-state index is -0.434. The number of carbonyl (C=O) groups is 1. The Labute approximate surface area is 141 Å². The molecule has 1 amide bonds. The number of oxime groups is 1. The standard InChI is InChI=1S/C18H22N4O2/c1-4-24-21-15-9-18(2,3)10-16-14(15)11-20-22(16)13-7-5-12(6-8-13)17(19)23/h5-8,11H,4,9-10H2,1-3H3,(H2,19,23)/b21-15-. The summed E-state index contributed by atoms with van der Waals surface area (Å²) in [5.74, 6) is -0.434. The fourth-order valence-corrected chi connectivity index (χ4v) is 3.06. The van der Waals surface area contributed by atoms with Gasteiger partial charge in [-0.2, -0.15) is 5.10 Å². The molecule has 0 fully saturated rings. The van der Waals surface area contributed by atoms with Crippen LogP contribution in [-0.4, -0.2) is 28.0 Å². The Morgan fingerprint density at radius 3 is 2.67 bits per heavy atom. The predicted octanol–water partition coefficient (Wildman–Crippen LogP) is 2.68. The molecular weight excluding hydrogens is 304 g/mol. The third-order valence-corrected chi connectivity index (χ3v) is 4.17. The Morgan fingerprint density at radius 2 is 2.04 bits per heavy atom. The lowest BCUT2D eigenvalue weighted by Gasteiger charge is -2.30. The van der Waals surface area contributed by atoms with E-state index in [9.17, 15) is 4.79 Å². The van der Waals surface area contributed by atoms with Crippen LogP contribution in [0.2, 0.25) is 0 Å². The molecule has 2 N–H and O–H groups in total. The van der Waals surface area contributed by atoms with Crippen LogP contribution in [-0.2, 0) is 11.3 Å². The second-order valence-electron chi connectivity index (χ2n) is 6.80. The summed E-state index contributed by atoms with van der Waals surface area (Å²) in [7, 11) is 0. The number of fused-ring (bicyclic) bond motifs is 1. The molecule has 0 saturated carbocycles. The van der Waals surface area contributed by atoms with Gasteiger partial charge in [0.1, 0.15) is 6.61 Å². The Morgan fingerprint density at radius 1 is 1.33 bits per heavy atom. The Kier molecular flexibility index (Phi) is 4.13. The molecule has 24 heavy (non-hydrogen) atoms. The largest absolute Gasteiger partial charge is 0.396 e. The van der Waals surface area contributed by atoms with E-state index in [1.807, 2.05) is 29.9 Å². The maximum absolute atomic E-state index is 11.2. The summed E-state index contributed by atoms with van der Waals surface area (Å²) >= 11 is 0. The van der Waals surface area contributed by atoms with Crippen LogP contribution in [0.25, 0.3) is 5.69 Å². The van der Waals surface area contributed by atoms with Crippen LogP contribution < -0.4 is 5.73 Å². The van der Waals surface area contributed by atoms with Crippen molar-refractivity contribution in [1.29, 1.82) is 0 Å². The lowest BCUT2D eigenvalue weighted by Crippen LogP contribution is -2.28. The summed E-state index contributed by atoms with van der Waals surface area (Å²) < 4.78 is 1.91. The maximum Gasteiger partial charge on any atom is 0.248 e. The highest BCUT2D eigenvalue weighted by atomic mass is 16.6. The van der Waals surface area contributed by atoms with Crippen LogP contribution in [0.5, 0.6) is 0 Å². The summed E-state index contributed by atoms with van der Waals surface area (Å²) in [6.45, 7) is 6.89. The van der Waals surface area contributed by atoms with Crippen LogP contribution >= 0.6 is 0 Å². The van der Waals surface area contributed by atoms with Gasteiger partial charge in [-0.3, -0.25) is 4.79 Å². The summed E-state index contributed by atoms with van der Waals surface area (Å²) in [6.07, 6.45) is 3.59. The van der Waals surface area contributed by atoms with E-state index in [0.29, 0.717) is 12.2 Å². The van der Waals surface area contributed by atoms with Crippen molar-refractivity contribution in [3.8, 4) is 5.69 Å². The summed E-state index contributed by atoms with van der Waals surface area (Å²) in [5.41, 5.74) is 9.83. The molecule has 1 aliphatic carbocycles. The Bertz CT molecular complexity index is 788. The van der Waals surface area contributed by atoms with E-state index in [4.69, 9.17) is 10.6 Å². The average Bonchev–Trinajstić information content (AvgIpc) is 2.95. The third-order valence-electron chi connectivity index (χ3n) is 4.17. The molecule has 0 spiro atoms. The van der Waals surface area contributed by atoms with Crippen LogP contribution in [0.4, 0.5) is 0 Å². The molecule has 1 aromatic carbocycles. The SMILES string of the molecule is CCO/N=C1/CC(C)(C)Cc2c1cnn2-c1ccc(C(N)=O)cc1. The second kappa shape index (κ2) is 6.11. The number of nitrogens with two attached hydrogens (primary N) is 1. The van der Waals surface area contributed by atoms with E-state index in [-0.39, 0.29) is 5.41 Å². The molecular formula is C18H22N4O2. The molecule has 0 aliphatic heterocycles. The molecule has 0 radical (unpaired) electrons. The fraction of sp³-hybridized carbons (Fsp3) is 0.389. The zero-order valence-corrected chi connectivity index (χ0v) is 14.2. The molecule has 2 aromatic rings. The first-order valence-electron chi connectivity index (χ1n) is 8.07. The molecule has 0 bridgehead atoms. The fourth-order valence-electron chi connectivity index (χ4n) is 3.06. The lowest BCUT2D eigenvalue weighted by atomic mass is 9.76. The van der Waals surface area contributed by atoms with Gasteiger partial charge >= 0.3 is 0 Å². The van der Waals surface area contributed by atoms with Crippen molar-refractivity contribution >= 4 is 11.6 Å². The van der Waals surface area contributed by atoms with Gasteiger partial charge in [0.2, 0.25) is 5.91 Å². The lowest BCUT2D eigenvalue weighted by molar-refractivity contribution is 0.100. The van der Waals surface area contributed by atoms with Crippen molar-refractivity contribution in [2.75, 3.05) is 6.61 Å². The number of carbonyl (C=O) groups excluding carboxylic acids is 1. The monoisotopic (exact) mass is 326 g/mol. The normalized spacial score (nSPS) is 17.5. The van der Waals surface area contributed by atoms with Crippen LogP contribution in [0, 0.1) is 5.41 Å². The quantitative estimate of drug-likeness (QED) is 0.877. The first kappa shape index (κ1) is 16.2. The van der Waals surface area contributed by atoms with E-state index in [1.54, 1.807) is 12.1 Å². The molecule has 0 unspecified atom stereocenters. The highest BCUT2D eigenvalue weighted by Gasteiger charge is 2.33. The number of rotatable bonds is 4. The molecule has 3 rings (SSSR count). The molecule has 1 heterocycles. The van der Waals surface area contributed by atoms with Crippen molar-refractivity contribution in [3.63, 3.8) is 0 Å². The summed E-state index contributed by atoms with van der Waals surface area (Å²) in [4.78, 5) is 16.5. The number of hydrogen-bond donors (Lipinski definition) is 1. The second-order valence-corrected chi connectivity index (χ2v) is 6.80. The van der Waals surface area contributed by atoms with Gasteiger partial charge in [-0.15, -0.1) is 0 Å². The molecule has 1 aromatic heterocycles. The molecule has 0 atom stereocenters. The molecule has 6 heteroatoms. The smallest absolute Gasteiger partial charge is 0.248 e. The van der Waals surface area contributed by atoms with Crippen molar-refractivity contribution in [1.82, 2.24) is 9.78 Å². The van der Waals surface area contributed by atoms with Crippen molar-refractivity contribution in [2.45, 2.75) is 33.6 Å². The van der Waals surface area contributed by atoms with Gasteiger partial charge in [0.25, 0.3) is 0 Å². The molecule has 0 saturated heterocycles. The Balaban J connectivity index is 2.03. The van der Waals surface area contributed by atoms with Crippen molar-refractivity contribution in [2.24, 2.45) is 16.3 Å².